The maximum atomic E-state index is 12.8. The zero-order valence-corrected chi connectivity index (χ0v) is 15.7. The van der Waals surface area contributed by atoms with Crippen LogP contribution in [0.1, 0.15) is 30.5 Å². The van der Waals surface area contributed by atoms with Crippen molar-refractivity contribution in [2.24, 2.45) is 5.92 Å². The van der Waals surface area contributed by atoms with E-state index in [4.69, 9.17) is 0 Å². The molecular formula is C22H24N4O2. The fraction of sp³-hybridized carbons (Fsp3) is 0.318. The van der Waals surface area contributed by atoms with Gasteiger partial charge in [0, 0.05) is 31.0 Å². The molecule has 2 saturated heterocycles. The van der Waals surface area contributed by atoms with E-state index in [1.54, 1.807) is 11.1 Å². The van der Waals surface area contributed by atoms with Gasteiger partial charge in [-0.25, -0.2) is 4.79 Å². The molecule has 0 radical (unpaired) electrons. The maximum absolute atomic E-state index is 12.8. The van der Waals surface area contributed by atoms with Gasteiger partial charge in [0.15, 0.2) is 0 Å². The molecule has 1 aromatic heterocycles. The van der Waals surface area contributed by atoms with Crippen molar-refractivity contribution in [1.82, 2.24) is 15.2 Å². The normalized spacial score (nSPS) is 21.9. The molecule has 3 amide bonds. The average Bonchev–Trinajstić information content (AvgIpc) is 2.96. The predicted octanol–water partition coefficient (Wildman–Crippen LogP) is 3.38. The first kappa shape index (κ1) is 18.2. The van der Waals surface area contributed by atoms with Crippen LogP contribution in [0, 0.1) is 5.92 Å². The summed E-state index contributed by atoms with van der Waals surface area (Å²) in [4.78, 5) is 31.0. The summed E-state index contributed by atoms with van der Waals surface area (Å²) in [6, 6.07) is 13.4. The zero-order valence-electron chi connectivity index (χ0n) is 15.7. The number of fused-ring (bicyclic) bond motifs is 3. The lowest BCUT2D eigenvalue weighted by Gasteiger charge is -2.27. The first-order chi connectivity index (χ1) is 13.7. The quantitative estimate of drug-likeness (QED) is 0.862. The van der Waals surface area contributed by atoms with Crippen LogP contribution in [-0.4, -0.2) is 41.0 Å². The Morgan fingerprint density at radius 2 is 2.07 bits per heavy atom. The van der Waals surface area contributed by atoms with E-state index in [-0.39, 0.29) is 23.9 Å². The molecule has 0 spiro atoms. The minimum Gasteiger partial charge on any atom is -0.351 e. The molecule has 0 saturated carbocycles. The topological polar surface area (TPSA) is 74.3 Å². The van der Waals surface area contributed by atoms with Crippen molar-refractivity contribution in [3.8, 4) is 0 Å². The van der Waals surface area contributed by atoms with Gasteiger partial charge in [-0.15, -0.1) is 0 Å². The Morgan fingerprint density at radius 3 is 2.93 bits per heavy atom. The van der Waals surface area contributed by atoms with Gasteiger partial charge >= 0.3 is 6.03 Å². The van der Waals surface area contributed by atoms with E-state index >= 15 is 0 Å². The van der Waals surface area contributed by atoms with Gasteiger partial charge in [0.1, 0.15) is 0 Å². The molecule has 4 rings (SSSR count). The van der Waals surface area contributed by atoms with Crippen LogP contribution < -0.4 is 10.6 Å². The summed E-state index contributed by atoms with van der Waals surface area (Å²) in [6.45, 7) is 1.04. The molecule has 6 heteroatoms. The average molecular weight is 376 g/mol. The smallest absolute Gasteiger partial charge is 0.321 e. The van der Waals surface area contributed by atoms with Gasteiger partial charge < -0.3 is 15.5 Å². The van der Waals surface area contributed by atoms with E-state index in [0.717, 1.165) is 36.2 Å². The van der Waals surface area contributed by atoms with Gasteiger partial charge in [0.2, 0.25) is 5.91 Å². The SMILES string of the molecule is O=C1N[C@H]2CCC[C@@H]1CN(C(=O)Nc1cccc(/C=C/c3ccccn3)c1)C2. The highest BCUT2D eigenvalue weighted by Crippen LogP contribution is 2.23. The summed E-state index contributed by atoms with van der Waals surface area (Å²) < 4.78 is 0. The second-order valence-electron chi connectivity index (χ2n) is 7.38. The minimum absolute atomic E-state index is 0.0541. The highest BCUT2D eigenvalue weighted by atomic mass is 16.2. The molecule has 0 unspecified atom stereocenters. The number of carbonyl (C=O) groups excluding carboxylic acids is 2. The number of amides is 3. The summed E-state index contributed by atoms with van der Waals surface area (Å²) in [6.07, 6.45) is 8.48. The number of hydrogen-bond acceptors (Lipinski definition) is 3. The Morgan fingerprint density at radius 1 is 1.14 bits per heavy atom. The first-order valence-electron chi connectivity index (χ1n) is 9.73. The summed E-state index contributed by atoms with van der Waals surface area (Å²) in [7, 11) is 0. The van der Waals surface area contributed by atoms with Gasteiger partial charge in [0.05, 0.1) is 11.6 Å². The number of benzene rings is 1. The van der Waals surface area contributed by atoms with Crippen LogP contribution in [-0.2, 0) is 4.79 Å². The third-order valence-electron chi connectivity index (χ3n) is 5.26. The molecule has 144 valence electrons. The molecule has 2 aliphatic heterocycles. The standard InChI is InChI=1S/C22H24N4O2/c27-21-17-6-4-9-20(24-21)15-26(14-17)22(28)25-19-8-3-5-16(13-19)10-11-18-7-1-2-12-23-18/h1-3,5,7-8,10-13,17,20H,4,6,9,14-15H2,(H,24,27)(H,25,28)/b11-10+/t17-,20+/m1/s1. The monoisotopic (exact) mass is 376 g/mol. The largest absolute Gasteiger partial charge is 0.351 e. The predicted molar refractivity (Wildman–Crippen MR) is 109 cm³/mol. The van der Waals surface area contributed by atoms with Gasteiger partial charge in [0.25, 0.3) is 0 Å². The minimum atomic E-state index is -0.153. The maximum Gasteiger partial charge on any atom is 0.321 e. The summed E-state index contributed by atoms with van der Waals surface area (Å²) in [5.41, 5.74) is 2.60. The van der Waals surface area contributed by atoms with Gasteiger partial charge in [-0.2, -0.15) is 0 Å². The molecule has 2 fully saturated rings. The van der Waals surface area contributed by atoms with Gasteiger partial charge in [-0.05, 0) is 48.7 Å². The number of anilines is 1. The number of aromatic nitrogens is 1. The van der Waals surface area contributed by atoms with E-state index in [0.29, 0.717) is 13.1 Å². The Balaban J connectivity index is 1.43. The summed E-state index contributed by atoms with van der Waals surface area (Å²) in [5, 5.41) is 6.04. The number of likely N-dealkylation sites (tertiary alicyclic amines) is 1. The molecule has 2 atom stereocenters. The van der Waals surface area contributed by atoms with E-state index in [9.17, 15) is 9.59 Å². The second-order valence-corrected chi connectivity index (χ2v) is 7.38. The molecule has 2 aromatic rings. The number of pyridine rings is 1. The lowest BCUT2D eigenvalue weighted by molar-refractivity contribution is -0.124. The van der Waals surface area contributed by atoms with Crippen molar-refractivity contribution < 1.29 is 9.59 Å². The lowest BCUT2D eigenvalue weighted by Crippen LogP contribution is -2.43. The lowest BCUT2D eigenvalue weighted by atomic mass is 9.99. The van der Waals surface area contributed by atoms with Crippen LogP contribution in [0.5, 0.6) is 0 Å². The van der Waals surface area contributed by atoms with E-state index in [1.807, 2.05) is 54.6 Å². The zero-order chi connectivity index (χ0) is 19.3. The first-order valence-corrected chi connectivity index (χ1v) is 9.73. The fourth-order valence-corrected chi connectivity index (χ4v) is 3.80. The van der Waals surface area contributed by atoms with Crippen molar-refractivity contribution in [2.45, 2.75) is 25.3 Å². The number of nitrogens with zero attached hydrogens (tertiary/aromatic N) is 2. The molecule has 2 aliphatic rings. The van der Waals surface area contributed by atoms with Gasteiger partial charge in [-0.1, -0.05) is 30.7 Å². The van der Waals surface area contributed by atoms with Crippen LogP contribution in [0.2, 0.25) is 0 Å². The number of nitrogens with one attached hydrogen (secondary N) is 2. The molecule has 6 nitrogen and oxygen atoms in total. The molecule has 1 aromatic carbocycles. The van der Waals surface area contributed by atoms with Crippen LogP contribution in [0.25, 0.3) is 12.2 Å². The van der Waals surface area contributed by atoms with Crippen LogP contribution in [0.4, 0.5) is 10.5 Å². The van der Waals surface area contributed by atoms with Crippen molar-refractivity contribution in [2.75, 3.05) is 18.4 Å². The molecule has 2 bridgehead atoms. The van der Waals surface area contributed by atoms with Crippen molar-refractivity contribution >= 4 is 29.8 Å². The van der Waals surface area contributed by atoms with E-state index in [2.05, 4.69) is 15.6 Å². The van der Waals surface area contributed by atoms with Crippen molar-refractivity contribution in [3.63, 3.8) is 0 Å². The van der Waals surface area contributed by atoms with E-state index < -0.39 is 0 Å². The molecular weight excluding hydrogens is 352 g/mol. The molecule has 0 aliphatic carbocycles. The number of urea groups is 1. The third kappa shape index (κ3) is 4.39. The van der Waals surface area contributed by atoms with Crippen molar-refractivity contribution in [1.29, 1.82) is 0 Å². The Kier molecular flexibility index (Phi) is 5.37. The van der Waals surface area contributed by atoms with E-state index in [1.165, 1.54) is 0 Å². The summed E-state index contributed by atoms with van der Waals surface area (Å²) in [5.74, 6) is -0.0228. The number of rotatable bonds is 3. The van der Waals surface area contributed by atoms with Crippen LogP contribution in [0.15, 0.2) is 48.7 Å². The van der Waals surface area contributed by atoms with Crippen LogP contribution in [0.3, 0.4) is 0 Å². The fourth-order valence-electron chi connectivity index (χ4n) is 3.80. The number of carbonyl (C=O) groups is 2. The molecule has 28 heavy (non-hydrogen) atoms. The van der Waals surface area contributed by atoms with Gasteiger partial charge in [-0.3, -0.25) is 9.78 Å². The molecule has 3 heterocycles. The molecule has 2 N–H and O–H groups in total. The van der Waals surface area contributed by atoms with Crippen LogP contribution >= 0.6 is 0 Å². The summed E-state index contributed by atoms with van der Waals surface area (Å²) >= 11 is 0. The Hall–Kier alpha value is -3.15. The highest BCUT2D eigenvalue weighted by Gasteiger charge is 2.34. The van der Waals surface area contributed by atoms with Crippen molar-refractivity contribution in [3.05, 3.63) is 59.9 Å². The highest BCUT2D eigenvalue weighted by molar-refractivity contribution is 5.91. The number of hydrogen-bond donors (Lipinski definition) is 2. The Bertz CT molecular complexity index is 881. The third-order valence-corrected chi connectivity index (χ3v) is 5.26. The Labute approximate surface area is 164 Å². The second kappa shape index (κ2) is 8.25.